The molecule has 3 aromatic rings. The minimum atomic E-state index is -3.94. The van der Waals surface area contributed by atoms with Crippen LogP contribution in [0.5, 0.6) is 0 Å². The van der Waals surface area contributed by atoms with E-state index in [1.54, 1.807) is 36.4 Å². The highest BCUT2D eigenvalue weighted by Crippen LogP contribution is 2.30. The van der Waals surface area contributed by atoms with Gasteiger partial charge < -0.3 is 10.2 Å². The van der Waals surface area contributed by atoms with Gasteiger partial charge in [-0.15, -0.1) is 12.4 Å². The summed E-state index contributed by atoms with van der Waals surface area (Å²) in [6.07, 6.45) is 1.02. The molecule has 33 heavy (non-hydrogen) atoms. The van der Waals surface area contributed by atoms with Crippen molar-refractivity contribution in [3.63, 3.8) is 0 Å². The first kappa shape index (κ1) is 23.9. The van der Waals surface area contributed by atoms with Gasteiger partial charge in [-0.2, -0.15) is 4.72 Å². The van der Waals surface area contributed by atoms with E-state index in [0.29, 0.717) is 11.6 Å². The number of nitrogens with one attached hydrogen (secondary N) is 2. The van der Waals surface area contributed by atoms with Crippen LogP contribution in [0, 0.1) is 5.82 Å². The number of hydrogen-bond acceptors (Lipinski definition) is 4. The molecule has 1 unspecified atom stereocenters. The fourth-order valence-corrected chi connectivity index (χ4v) is 5.78. The molecule has 0 saturated carbocycles. The van der Waals surface area contributed by atoms with E-state index in [4.69, 9.17) is 11.6 Å². The third-order valence-electron chi connectivity index (χ3n) is 6.03. The van der Waals surface area contributed by atoms with Crippen molar-refractivity contribution < 1.29 is 17.6 Å². The average Bonchev–Trinajstić information content (AvgIpc) is 3.12. The molecule has 1 saturated heterocycles. The van der Waals surface area contributed by atoms with Crippen LogP contribution >= 0.6 is 24.0 Å². The Morgan fingerprint density at radius 2 is 1.82 bits per heavy atom. The largest absolute Gasteiger partial charge is 0.312 e. The van der Waals surface area contributed by atoms with Crippen LogP contribution in [0.4, 0.5) is 10.1 Å². The second-order valence-corrected chi connectivity index (χ2v) is 10.3. The lowest BCUT2D eigenvalue weighted by atomic mass is 9.99. The van der Waals surface area contributed by atoms with Crippen LogP contribution in [0.15, 0.2) is 53.4 Å². The van der Waals surface area contributed by atoms with E-state index in [2.05, 4.69) is 10.0 Å². The molecule has 0 aliphatic carbocycles. The maximum atomic E-state index is 14.7. The van der Waals surface area contributed by atoms with E-state index in [1.165, 1.54) is 17.0 Å². The number of carbonyl (C=O) groups excluding carboxylic acids is 1. The molecule has 1 fully saturated rings. The monoisotopic (exact) mass is 509 g/mol. The first-order valence-corrected chi connectivity index (χ1v) is 12.2. The molecule has 6 nitrogen and oxygen atoms in total. The molecule has 0 radical (unpaired) electrons. The first-order valence-electron chi connectivity index (χ1n) is 10.4. The van der Waals surface area contributed by atoms with Crippen molar-refractivity contribution in [3.05, 3.63) is 70.5 Å². The van der Waals surface area contributed by atoms with Gasteiger partial charge in [-0.25, -0.2) is 12.8 Å². The van der Waals surface area contributed by atoms with Crippen LogP contribution in [0.2, 0.25) is 5.02 Å². The predicted molar refractivity (Wildman–Crippen MR) is 129 cm³/mol. The molecule has 1 amide bonds. The van der Waals surface area contributed by atoms with Gasteiger partial charge >= 0.3 is 0 Å². The normalized spacial score (nSPS) is 18.3. The average molecular weight is 510 g/mol. The number of carbonyl (C=O) groups is 1. The van der Waals surface area contributed by atoms with Crippen molar-refractivity contribution in [2.24, 2.45) is 0 Å². The quantitative estimate of drug-likeness (QED) is 0.560. The van der Waals surface area contributed by atoms with Crippen LogP contribution in [-0.4, -0.2) is 33.5 Å². The molecule has 2 N–H and O–H groups in total. The zero-order valence-electron chi connectivity index (χ0n) is 17.5. The van der Waals surface area contributed by atoms with Crippen LogP contribution in [-0.2, 0) is 27.8 Å². The van der Waals surface area contributed by atoms with Crippen LogP contribution in [0.1, 0.15) is 17.5 Å². The van der Waals surface area contributed by atoms with Gasteiger partial charge in [0.25, 0.3) is 0 Å². The maximum absolute atomic E-state index is 14.7. The summed E-state index contributed by atoms with van der Waals surface area (Å²) in [5.41, 5.74) is 2.10. The fourth-order valence-electron chi connectivity index (χ4n) is 4.34. The van der Waals surface area contributed by atoms with E-state index in [-0.39, 0.29) is 36.0 Å². The van der Waals surface area contributed by atoms with Gasteiger partial charge in [0.1, 0.15) is 11.9 Å². The molecule has 5 rings (SSSR count). The van der Waals surface area contributed by atoms with Gasteiger partial charge in [0.2, 0.25) is 15.9 Å². The lowest BCUT2D eigenvalue weighted by molar-refractivity contribution is -0.118. The van der Waals surface area contributed by atoms with Crippen LogP contribution < -0.4 is 14.9 Å². The molecule has 1 atom stereocenters. The second-order valence-electron chi connectivity index (χ2n) is 8.10. The zero-order chi connectivity index (χ0) is 22.5. The molecule has 0 aromatic heterocycles. The molecule has 2 heterocycles. The number of nitrogens with zero attached hydrogens (tertiary/aromatic N) is 1. The topological polar surface area (TPSA) is 78.5 Å². The van der Waals surface area contributed by atoms with E-state index >= 15 is 0 Å². The number of halogens is 3. The first-order chi connectivity index (χ1) is 15.3. The summed E-state index contributed by atoms with van der Waals surface area (Å²) in [6.45, 7) is 1.64. The number of sulfonamides is 1. The van der Waals surface area contributed by atoms with Crippen LogP contribution in [0.3, 0.4) is 0 Å². The molecule has 0 bridgehead atoms. The molecule has 174 valence electrons. The molecule has 3 aromatic carbocycles. The van der Waals surface area contributed by atoms with Gasteiger partial charge in [-0.1, -0.05) is 23.7 Å². The summed E-state index contributed by atoms with van der Waals surface area (Å²) in [5, 5.41) is 5.30. The molecular weight excluding hydrogens is 488 g/mol. The van der Waals surface area contributed by atoms with E-state index in [0.717, 1.165) is 34.9 Å². The standard InChI is InChI=1S/C23H21ClFN3O3S.ClH/c24-18-3-1-15-10-19(4-2-14(15)9-18)32(30,31)27-21-6-8-28(23(21)29)22-12-16-5-7-26-13-17(16)11-20(22)25;/h1-4,9-12,21,26-27H,5-8,13H2;1H. The lowest BCUT2D eigenvalue weighted by Crippen LogP contribution is -2.41. The molecule has 2 aliphatic heterocycles. The Labute approximate surface area is 202 Å². The van der Waals surface area contributed by atoms with Crippen molar-refractivity contribution in [2.75, 3.05) is 18.0 Å². The zero-order valence-corrected chi connectivity index (χ0v) is 19.9. The molecule has 2 aliphatic rings. The highest BCUT2D eigenvalue weighted by Gasteiger charge is 2.37. The highest BCUT2D eigenvalue weighted by molar-refractivity contribution is 7.89. The van der Waals surface area contributed by atoms with Gasteiger partial charge in [-0.05, 0) is 77.7 Å². The summed E-state index contributed by atoms with van der Waals surface area (Å²) < 4.78 is 43.2. The highest BCUT2D eigenvalue weighted by atomic mass is 35.5. The Balaban J connectivity index is 0.00000259. The lowest BCUT2D eigenvalue weighted by Gasteiger charge is -2.23. The minimum absolute atomic E-state index is 0. The van der Waals surface area contributed by atoms with Gasteiger partial charge in [-0.3, -0.25) is 4.79 Å². The van der Waals surface area contributed by atoms with Crippen molar-refractivity contribution >= 4 is 56.4 Å². The van der Waals surface area contributed by atoms with E-state index in [9.17, 15) is 17.6 Å². The van der Waals surface area contributed by atoms with Crippen molar-refractivity contribution in [2.45, 2.75) is 30.3 Å². The Kier molecular flexibility index (Phi) is 6.66. The smallest absolute Gasteiger partial charge is 0.245 e. The summed E-state index contributed by atoms with van der Waals surface area (Å²) in [4.78, 5) is 14.4. The Morgan fingerprint density at radius 3 is 2.64 bits per heavy atom. The Morgan fingerprint density at radius 1 is 1.06 bits per heavy atom. The van der Waals surface area contributed by atoms with Crippen molar-refractivity contribution in [3.8, 4) is 0 Å². The number of hydrogen-bond donors (Lipinski definition) is 2. The Bertz CT molecular complexity index is 1350. The van der Waals surface area contributed by atoms with E-state index < -0.39 is 27.8 Å². The summed E-state index contributed by atoms with van der Waals surface area (Å²) in [5.74, 6) is -0.925. The van der Waals surface area contributed by atoms with E-state index in [1.807, 2.05) is 0 Å². The number of fused-ring (bicyclic) bond motifs is 2. The number of rotatable bonds is 4. The molecular formula is C23H22Cl2FN3O3S. The van der Waals surface area contributed by atoms with Crippen molar-refractivity contribution in [1.29, 1.82) is 0 Å². The Hall–Kier alpha value is -2.23. The van der Waals surface area contributed by atoms with Crippen LogP contribution in [0.25, 0.3) is 10.8 Å². The maximum Gasteiger partial charge on any atom is 0.245 e. The predicted octanol–water partition coefficient (Wildman–Crippen LogP) is 3.78. The summed E-state index contributed by atoms with van der Waals surface area (Å²) in [7, 11) is -3.94. The number of anilines is 1. The SMILES string of the molecule is Cl.O=C1C(NS(=O)(=O)c2ccc3cc(Cl)ccc3c2)CCN1c1cc2c(cc1F)CNCC2. The van der Waals surface area contributed by atoms with Crippen molar-refractivity contribution in [1.82, 2.24) is 10.0 Å². The third-order valence-corrected chi connectivity index (χ3v) is 7.74. The minimum Gasteiger partial charge on any atom is -0.312 e. The molecule has 0 spiro atoms. The van der Waals surface area contributed by atoms with Gasteiger partial charge in [0.05, 0.1) is 10.6 Å². The summed E-state index contributed by atoms with van der Waals surface area (Å²) >= 11 is 5.99. The summed E-state index contributed by atoms with van der Waals surface area (Å²) in [6, 6.07) is 12.1. The number of benzene rings is 3. The third kappa shape index (κ3) is 4.58. The molecule has 10 heteroatoms. The van der Waals surface area contributed by atoms with Gasteiger partial charge in [0, 0.05) is 18.1 Å². The fraction of sp³-hybridized carbons (Fsp3) is 0.261. The van der Waals surface area contributed by atoms with Gasteiger partial charge in [0.15, 0.2) is 0 Å². The second kappa shape index (κ2) is 9.19. The number of amides is 1.